The number of ether oxygens (including phenoxy) is 1. The second-order valence-electron chi connectivity index (χ2n) is 9.84. The van der Waals surface area contributed by atoms with E-state index in [1.165, 1.54) is 35.1 Å². The number of carbonyl (C=O) groups excluding carboxylic acids is 2. The molecule has 1 fully saturated rings. The van der Waals surface area contributed by atoms with E-state index in [0.717, 1.165) is 31.5 Å². The fourth-order valence-corrected chi connectivity index (χ4v) is 5.01. The van der Waals surface area contributed by atoms with Crippen LogP contribution in [0.3, 0.4) is 0 Å². The van der Waals surface area contributed by atoms with E-state index in [-0.39, 0.29) is 17.2 Å². The number of unbranched alkanes of at least 4 members (excludes halogenated alkanes) is 1. The van der Waals surface area contributed by atoms with E-state index in [9.17, 15) is 22.8 Å². The molecule has 0 aromatic heterocycles. The van der Waals surface area contributed by atoms with Crippen LogP contribution in [0.25, 0.3) is 0 Å². The van der Waals surface area contributed by atoms with Crippen molar-refractivity contribution in [2.24, 2.45) is 5.92 Å². The molecule has 6 nitrogen and oxygen atoms in total. The molecular formula is C28H35ClF3N3O3. The van der Waals surface area contributed by atoms with Gasteiger partial charge in [-0.2, -0.15) is 13.2 Å². The lowest BCUT2D eigenvalue weighted by Crippen LogP contribution is -2.44. The minimum atomic E-state index is -4.68. The van der Waals surface area contributed by atoms with Crippen LogP contribution in [0.2, 0.25) is 5.02 Å². The topological polar surface area (TPSA) is 61.9 Å². The summed E-state index contributed by atoms with van der Waals surface area (Å²) in [6, 6.07) is 10.9. The van der Waals surface area contributed by atoms with E-state index in [1.807, 2.05) is 6.07 Å². The molecule has 2 aromatic rings. The quantitative estimate of drug-likeness (QED) is 0.355. The van der Waals surface area contributed by atoms with Crippen molar-refractivity contribution in [3.05, 3.63) is 58.6 Å². The number of methoxy groups -OCH3 is 1. The number of anilines is 1. The number of piperidine rings is 1. The third-order valence-electron chi connectivity index (χ3n) is 6.90. The first-order valence-electron chi connectivity index (χ1n) is 12.8. The second-order valence-corrected chi connectivity index (χ2v) is 10.2. The van der Waals surface area contributed by atoms with Gasteiger partial charge in [-0.3, -0.25) is 9.59 Å². The molecule has 0 bridgehead atoms. The maximum atomic E-state index is 13.9. The molecule has 208 valence electrons. The van der Waals surface area contributed by atoms with Gasteiger partial charge in [-0.05, 0) is 61.1 Å². The number of hydrogen-bond acceptors (Lipinski definition) is 4. The number of carbonyl (C=O) groups is 2. The van der Waals surface area contributed by atoms with Gasteiger partial charge in [-0.15, -0.1) is 0 Å². The fourth-order valence-electron chi connectivity index (χ4n) is 4.75. The van der Waals surface area contributed by atoms with Gasteiger partial charge in [0.05, 0.1) is 17.7 Å². The van der Waals surface area contributed by atoms with E-state index in [2.05, 4.69) is 5.32 Å². The molecule has 10 heteroatoms. The highest BCUT2D eigenvalue weighted by molar-refractivity contribution is 6.34. The molecule has 0 aliphatic carbocycles. The molecule has 1 aliphatic rings. The Morgan fingerprint density at radius 3 is 2.45 bits per heavy atom. The SMILES string of the molecule is COc1cccc(C(C(=O)N2CCC(CCCCNc3ccc(C(=O)N(C)C)c(Cl)c3)CC2)C(F)(F)F)c1. The number of benzene rings is 2. The summed E-state index contributed by atoms with van der Waals surface area (Å²) in [5, 5.41) is 3.71. The van der Waals surface area contributed by atoms with Gasteiger partial charge >= 0.3 is 6.18 Å². The molecular weight excluding hydrogens is 519 g/mol. The van der Waals surface area contributed by atoms with Crippen LogP contribution in [0.15, 0.2) is 42.5 Å². The summed E-state index contributed by atoms with van der Waals surface area (Å²) in [5.74, 6) is -2.57. The molecule has 1 atom stereocenters. The van der Waals surface area contributed by atoms with Crippen LogP contribution in [0, 0.1) is 5.92 Å². The van der Waals surface area contributed by atoms with Gasteiger partial charge in [-0.25, -0.2) is 0 Å². The average Bonchev–Trinajstić information content (AvgIpc) is 2.88. The number of nitrogens with one attached hydrogen (secondary N) is 1. The average molecular weight is 554 g/mol. The van der Waals surface area contributed by atoms with Crippen LogP contribution >= 0.6 is 11.6 Å². The van der Waals surface area contributed by atoms with Crippen molar-refractivity contribution in [1.29, 1.82) is 0 Å². The van der Waals surface area contributed by atoms with Crippen LogP contribution in [0.4, 0.5) is 18.9 Å². The monoisotopic (exact) mass is 553 g/mol. The Labute approximate surface area is 227 Å². The maximum Gasteiger partial charge on any atom is 0.404 e. The lowest BCUT2D eigenvalue weighted by Gasteiger charge is -2.35. The Morgan fingerprint density at radius 2 is 1.84 bits per heavy atom. The zero-order chi connectivity index (χ0) is 27.9. The van der Waals surface area contributed by atoms with Crippen molar-refractivity contribution in [3.63, 3.8) is 0 Å². The molecule has 3 rings (SSSR count). The third-order valence-corrected chi connectivity index (χ3v) is 7.21. The van der Waals surface area contributed by atoms with Crippen LogP contribution in [-0.2, 0) is 4.79 Å². The lowest BCUT2D eigenvalue weighted by atomic mass is 9.90. The number of likely N-dealkylation sites (tertiary alicyclic amines) is 1. The van der Waals surface area contributed by atoms with Gasteiger partial charge in [0, 0.05) is 39.4 Å². The van der Waals surface area contributed by atoms with Crippen molar-refractivity contribution in [2.45, 2.75) is 44.2 Å². The van der Waals surface area contributed by atoms with Crippen molar-refractivity contribution >= 4 is 29.1 Å². The molecule has 2 aromatic carbocycles. The molecule has 1 unspecified atom stereocenters. The summed E-state index contributed by atoms with van der Waals surface area (Å²) in [6.45, 7) is 1.39. The summed E-state index contributed by atoms with van der Waals surface area (Å²) in [7, 11) is 4.73. The fraction of sp³-hybridized carbons (Fsp3) is 0.500. The Hall–Kier alpha value is -2.94. The zero-order valence-corrected chi connectivity index (χ0v) is 22.7. The maximum absolute atomic E-state index is 13.9. The van der Waals surface area contributed by atoms with Gasteiger partial charge in [0.25, 0.3) is 5.91 Å². The molecule has 0 radical (unpaired) electrons. The number of rotatable bonds is 10. The molecule has 1 heterocycles. The van der Waals surface area contributed by atoms with Gasteiger partial charge in [0.15, 0.2) is 5.92 Å². The Morgan fingerprint density at radius 1 is 1.13 bits per heavy atom. The van der Waals surface area contributed by atoms with Crippen LogP contribution in [0.5, 0.6) is 5.75 Å². The Bertz CT molecular complexity index is 1100. The molecule has 1 saturated heterocycles. The molecule has 0 spiro atoms. The van der Waals surface area contributed by atoms with Crippen LogP contribution < -0.4 is 10.1 Å². The number of alkyl halides is 3. The summed E-state index contributed by atoms with van der Waals surface area (Å²) < 4.78 is 46.7. The zero-order valence-electron chi connectivity index (χ0n) is 22.0. The smallest absolute Gasteiger partial charge is 0.404 e. The van der Waals surface area contributed by atoms with Crippen molar-refractivity contribution in [1.82, 2.24) is 9.80 Å². The highest BCUT2D eigenvalue weighted by atomic mass is 35.5. The number of halogens is 4. The Balaban J connectivity index is 1.43. The van der Waals surface area contributed by atoms with E-state index < -0.39 is 18.0 Å². The summed E-state index contributed by atoms with van der Waals surface area (Å²) in [6.07, 6.45) is -0.455. The Kier molecular flexibility index (Phi) is 10.3. The number of hydrogen-bond donors (Lipinski definition) is 1. The van der Waals surface area contributed by atoms with Gasteiger partial charge in [0.1, 0.15) is 5.75 Å². The van der Waals surface area contributed by atoms with E-state index in [0.29, 0.717) is 42.4 Å². The first kappa shape index (κ1) is 29.6. The van der Waals surface area contributed by atoms with E-state index in [4.69, 9.17) is 16.3 Å². The highest BCUT2D eigenvalue weighted by Crippen LogP contribution is 2.38. The minimum Gasteiger partial charge on any atom is -0.497 e. The van der Waals surface area contributed by atoms with Crippen molar-refractivity contribution in [2.75, 3.05) is 46.2 Å². The number of nitrogens with zero attached hydrogens (tertiary/aromatic N) is 2. The minimum absolute atomic E-state index is 0.100. The predicted octanol–water partition coefficient (Wildman–Crippen LogP) is 6.22. The molecule has 1 aliphatic heterocycles. The van der Waals surface area contributed by atoms with Gasteiger partial charge < -0.3 is 19.9 Å². The highest BCUT2D eigenvalue weighted by Gasteiger charge is 2.48. The van der Waals surface area contributed by atoms with E-state index >= 15 is 0 Å². The van der Waals surface area contributed by atoms with E-state index in [1.54, 1.807) is 32.3 Å². The second kappa shape index (κ2) is 13.2. The summed E-state index contributed by atoms with van der Waals surface area (Å²) in [5.41, 5.74) is 1.20. The van der Waals surface area contributed by atoms with Gasteiger partial charge in [0.2, 0.25) is 5.91 Å². The first-order chi connectivity index (χ1) is 18.0. The summed E-state index contributed by atoms with van der Waals surface area (Å²) >= 11 is 6.25. The lowest BCUT2D eigenvalue weighted by molar-refractivity contribution is -0.172. The van der Waals surface area contributed by atoms with Crippen molar-refractivity contribution < 1.29 is 27.5 Å². The molecule has 2 amide bonds. The van der Waals surface area contributed by atoms with Crippen LogP contribution in [0.1, 0.15) is 53.9 Å². The van der Waals surface area contributed by atoms with Crippen LogP contribution in [-0.4, -0.2) is 68.6 Å². The standard InChI is InChI=1S/C28H35ClF3N3O3/c1-34(2)26(36)23-11-10-21(18-24(23)29)33-14-5-4-7-19-12-15-35(16-13-19)27(37)25(28(30,31)32)20-8-6-9-22(17-20)38-3/h6,8-11,17-19,25,33H,4-5,7,12-16H2,1-3H3. The number of amides is 2. The third kappa shape index (κ3) is 7.79. The predicted molar refractivity (Wildman–Crippen MR) is 143 cm³/mol. The van der Waals surface area contributed by atoms with Gasteiger partial charge in [-0.1, -0.05) is 36.6 Å². The largest absolute Gasteiger partial charge is 0.497 e. The van der Waals surface area contributed by atoms with Crippen molar-refractivity contribution in [3.8, 4) is 5.75 Å². The normalized spacial score (nSPS) is 15.2. The molecule has 38 heavy (non-hydrogen) atoms. The molecule has 0 saturated carbocycles. The molecule has 1 N–H and O–H groups in total. The summed E-state index contributed by atoms with van der Waals surface area (Å²) in [4.78, 5) is 27.8. The first-order valence-corrected chi connectivity index (χ1v) is 13.1.